The Morgan fingerprint density at radius 1 is 1.31 bits per heavy atom. The summed E-state index contributed by atoms with van der Waals surface area (Å²) in [7, 11) is 0. The topological polar surface area (TPSA) is 0 Å². The molecule has 4 heteroatoms. The van der Waals surface area contributed by atoms with Gasteiger partial charge in [-0.2, -0.15) is 0 Å². The van der Waals surface area contributed by atoms with E-state index in [0.717, 1.165) is 0 Å². The van der Waals surface area contributed by atoms with Crippen molar-refractivity contribution in [1.82, 2.24) is 0 Å². The molecule has 0 spiro atoms. The van der Waals surface area contributed by atoms with Crippen molar-refractivity contribution < 1.29 is 22.9 Å². The van der Waals surface area contributed by atoms with Gasteiger partial charge in [0.2, 0.25) is 0 Å². The molecule has 0 saturated carbocycles. The number of hydrogen-bond donors (Lipinski definition) is 0. The predicted molar refractivity (Wildman–Crippen MR) is 72.5 cm³/mol. The van der Waals surface area contributed by atoms with Crippen LogP contribution in [0.2, 0.25) is 4.18 Å². The van der Waals surface area contributed by atoms with Crippen LogP contribution in [-0.4, -0.2) is 0 Å². The van der Waals surface area contributed by atoms with E-state index in [1.54, 1.807) is 4.18 Å². The van der Waals surface area contributed by atoms with Crippen LogP contribution in [0.1, 0.15) is 26.2 Å². The van der Waals surface area contributed by atoms with Crippen molar-refractivity contribution >= 4 is 50.9 Å². The molecule has 0 radical (unpaired) electrons. The summed E-state index contributed by atoms with van der Waals surface area (Å²) in [6.07, 6.45) is 11.0. The van der Waals surface area contributed by atoms with Crippen LogP contribution in [0.15, 0.2) is 21.6 Å². The summed E-state index contributed by atoms with van der Waals surface area (Å²) in [5.41, 5.74) is 0. The van der Waals surface area contributed by atoms with Crippen molar-refractivity contribution in [3.8, 4) is 0 Å². The number of unbranched alkanes of at least 4 members (excludes halogenated alkanes) is 1. The molecule has 0 heterocycles. The molecular weight excluding hydrogens is 526 g/mol. The van der Waals surface area contributed by atoms with Crippen LogP contribution >= 0.6 is 50.9 Å². The Balaban J connectivity index is -0.000000333. The van der Waals surface area contributed by atoms with Crippen LogP contribution in [0.5, 0.6) is 0 Å². The van der Waals surface area contributed by atoms with E-state index in [9.17, 15) is 0 Å². The fourth-order valence-electron chi connectivity index (χ4n) is 1.00. The minimum absolute atomic E-state index is 0. The van der Waals surface area contributed by atoms with Crippen LogP contribution in [0.4, 0.5) is 0 Å². The van der Waals surface area contributed by atoms with Crippen molar-refractivity contribution in [3.05, 3.63) is 21.6 Å². The fraction of sp³-hybridized carbons (Fsp3) is 0.556. The number of allylic oxidation sites excluding steroid dienone is 4. The molecule has 0 fully saturated rings. The van der Waals surface area contributed by atoms with Gasteiger partial charge in [0.25, 0.3) is 0 Å². The molecule has 13 heavy (non-hydrogen) atoms. The average molecular weight is 543 g/mol. The van der Waals surface area contributed by atoms with Gasteiger partial charge in [0, 0.05) is 0 Å². The van der Waals surface area contributed by atoms with E-state index in [2.05, 4.69) is 25.2 Å². The molecule has 0 aromatic heterocycles. The number of halogens is 3. The Morgan fingerprint density at radius 3 is 2.46 bits per heavy atom. The van der Waals surface area contributed by atoms with E-state index in [-0.39, 0.29) is 73.9 Å². The summed E-state index contributed by atoms with van der Waals surface area (Å²) in [4.78, 5) is 0. The van der Waals surface area contributed by atoms with Gasteiger partial charge < -0.3 is 0 Å². The fourth-order valence-corrected chi connectivity index (χ4v) is 5.77. The van der Waals surface area contributed by atoms with E-state index >= 15 is 0 Å². The zero-order valence-corrected chi connectivity index (χ0v) is 16.5. The molecule has 0 aromatic carbocycles. The minimum atomic E-state index is -0.283. The third-order valence-corrected chi connectivity index (χ3v) is 6.79. The molecule has 1 aliphatic rings. The molecule has 0 aromatic rings. The molecule has 0 atom stereocenters. The van der Waals surface area contributed by atoms with Crippen molar-refractivity contribution in [3.63, 3.8) is 0 Å². The molecular formula is C9H17Br3Hf. The van der Waals surface area contributed by atoms with Gasteiger partial charge in [0.1, 0.15) is 0 Å². The Hall–Kier alpha value is 1.79. The van der Waals surface area contributed by atoms with Gasteiger partial charge >= 0.3 is 74.8 Å². The standard InChI is InChI=1S/C5H5.C4H9.3BrH.Hf/c1-2-4-5-3-1;1-3-4-2;;;;/h1-3H,4H2;1,3-4H2,2H3;3*1H;. The molecule has 0 N–H and O–H groups in total. The van der Waals surface area contributed by atoms with Crippen LogP contribution in [0, 0.1) is 0 Å². The first kappa shape index (κ1) is 20.2. The van der Waals surface area contributed by atoms with E-state index < -0.39 is 0 Å². The van der Waals surface area contributed by atoms with Crippen LogP contribution in [-0.2, 0) is 22.9 Å². The second-order valence-corrected chi connectivity index (χ2v) is 7.98. The molecule has 0 aliphatic heterocycles. The summed E-state index contributed by atoms with van der Waals surface area (Å²) in [5, 5.41) is 0. The third kappa shape index (κ3) is 10.1. The molecule has 0 unspecified atom stereocenters. The quantitative estimate of drug-likeness (QED) is 0.351. The number of hydrogen-bond acceptors (Lipinski definition) is 0. The van der Waals surface area contributed by atoms with Crippen molar-refractivity contribution in [1.29, 1.82) is 0 Å². The monoisotopic (exact) mass is 542 g/mol. The van der Waals surface area contributed by atoms with Crippen LogP contribution < -0.4 is 0 Å². The van der Waals surface area contributed by atoms with Gasteiger partial charge in [-0.25, -0.2) is 0 Å². The van der Waals surface area contributed by atoms with Crippen molar-refractivity contribution in [2.24, 2.45) is 0 Å². The Kier molecular flexibility index (Phi) is 21.5. The summed E-state index contributed by atoms with van der Waals surface area (Å²) in [6.45, 7) is 2.28. The molecule has 0 bridgehead atoms. The number of rotatable bonds is 4. The van der Waals surface area contributed by atoms with Crippen molar-refractivity contribution in [2.45, 2.75) is 30.4 Å². The van der Waals surface area contributed by atoms with Gasteiger partial charge in [-0.15, -0.1) is 50.9 Å². The van der Waals surface area contributed by atoms with Gasteiger partial charge in [-0.05, 0) is 0 Å². The van der Waals surface area contributed by atoms with Gasteiger partial charge in [0.05, 0.1) is 0 Å². The molecule has 1 aliphatic carbocycles. The first-order chi connectivity index (χ1) is 4.93. The predicted octanol–water partition coefficient (Wildman–Crippen LogP) is 4.86. The summed E-state index contributed by atoms with van der Waals surface area (Å²) in [6, 6.07) is 0. The third-order valence-electron chi connectivity index (χ3n) is 1.65. The maximum atomic E-state index is 2.35. The van der Waals surface area contributed by atoms with Crippen LogP contribution in [0.25, 0.3) is 0 Å². The Morgan fingerprint density at radius 2 is 2.00 bits per heavy atom. The van der Waals surface area contributed by atoms with Gasteiger partial charge in [0.15, 0.2) is 0 Å². The van der Waals surface area contributed by atoms with Crippen LogP contribution in [0.3, 0.4) is 0 Å². The van der Waals surface area contributed by atoms with Gasteiger partial charge in [-0.1, -0.05) is 0 Å². The first-order valence-electron chi connectivity index (χ1n) is 4.03. The zero-order chi connectivity index (χ0) is 7.23. The Bertz CT molecular complexity index is 155. The summed E-state index contributed by atoms with van der Waals surface area (Å²) >= 11 is -0.283. The second kappa shape index (κ2) is 13.8. The summed E-state index contributed by atoms with van der Waals surface area (Å²) < 4.78 is 3.39. The molecule has 0 nitrogen and oxygen atoms in total. The van der Waals surface area contributed by atoms with Crippen molar-refractivity contribution in [2.75, 3.05) is 0 Å². The van der Waals surface area contributed by atoms with E-state index in [1.165, 1.54) is 19.3 Å². The summed E-state index contributed by atoms with van der Waals surface area (Å²) in [5.74, 6) is 0. The first-order valence-corrected chi connectivity index (χ1v) is 8.36. The maximum absolute atomic E-state index is 2.35. The second-order valence-electron chi connectivity index (χ2n) is 2.60. The Labute approximate surface area is 124 Å². The van der Waals surface area contributed by atoms with E-state index in [1.807, 2.05) is 3.33 Å². The SMILES string of the molecule is Br.Br.Br.CCC[CH2][Hf][C]1=CC=CC1. The van der Waals surface area contributed by atoms with Gasteiger partial charge in [-0.3, -0.25) is 0 Å². The zero-order valence-electron chi connectivity index (χ0n) is 7.79. The molecule has 0 saturated heterocycles. The van der Waals surface area contributed by atoms with E-state index in [0.29, 0.717) is 0 Å². The molecule has 1 rings (SSSR count). The average Bonchev–Trinajstić information content (AvgIpc) is 2.41. The molecule has 78 valence electrons. The normalized spacial score (nSPS) is 11.9. The van der Waals surface area contributed by atoms with E-state index in [4.69, 9.17) is 0 Å². The molecule has 0 amide bonds.